The van der Waals surface area contributed by atoms with Gasteiger partial charge in [0.2, 0.25) is 0 Å². The quantitative estimate of drug-likeness (QED) is 0.407. The van der Waals surface area contributed by atoms with Gasteiger partial charge in [0.05, 0.1) is 17.0 Å². The molecule has 1 aliphatic carbocycles. The third-order valence-electron chi connectivity index (χ3n) is 1.84. The molecule has 0 heterocycles. The predicted octanol–water partition coefficient (Wildman–Crippen LogP) is -0.735. The number of nitrogens with zero attached hydrogens (tertiary/aromatic N) is 2. The summed E-state index contributed by atoms with van der Waals surface area (Å²) < 4.78 is 0. The summed E-state index contributed by atoms with van der Waals surface area (Å²) in [5.74, 6) is 0. The van der Waals surface area contributed by atoms with Gasteiger partial charge in [-0.3, -0.25) is 10.1 Å². The maximum Gasteiger partial charge on any atom is 0.266 e. The van der Waals surface area contributed by atoms with Gasteiger partial charge in [0, 0.05) is 12.2 Å². The average molecular weight is 180 g/mol. The van der Waals surface area contributed by atoms with Crippen LogP contribution in [0.25, 0.3) is 0 Å². The van der Waals surface area contributed by atoms with Crippen LogP contribution in [0.15, 0.2) is 23.9 Å². The summed E-state index contributed by atoms with van der Waals surface area (Å²) in [4.78, 5) is 9.73. The number of hydrogen-bond donors (Lipinski definition) is 2. The van der Waals surface area contributed by atoms with E-state index in [0.717, 1.165) is 0 Å². The molecule has 6 heteroatoms. The van der Waals surface area contributed by atoms with Gasteiger partial charge in [-0.2, -0.15) is 5.26 Å². The second-order valence-electron chi connectivity index (χ2n) is 2.75. The first-order valence-corrected chi connectivity index (χ1v) is 3.51. The molecular weight excluding hydrogens is 172 g/mol. The largest absolute Gasteiger partial charge is 0.322 e. The van der Waals surface area contributed by atoms with Crippen LogP contribution in [0.1, 0.15) is 0 Å². The van der Waals surface area contributed by atoms with Crippen LogP contribution in [0, 0.1) is 21.4 Å². The van der Waals surface area contributed by atoms with Gasteiger partial charge < -0.3 is 11.5 Å². The molecule has 68 valence electrons. The van der Waals surface area contributed by atoms with E-state index in [2.05, 4.69) is 0 Å². The Bertz CT molecular complexity index is 341. The van der Waals surface area contributed by atoms with Crippen LogP contribution >= 0.6 is 0 Å². The van der Waals surface area contributed by atoms with Gasteiger partial charge in [-0.25, -0.2) is 0 Å². The molecular formula is C7H8N4O2. The Morgan fingerprint density at radius 3 is 2.77 bits per heavy atom. The van der Waals surface area contributed by atoms with E-state index in [0.29, 0.717) is 0 Å². The summed E-state index contributed by atoms with van der Waals surface area (Å²) in [5.41, 5.74) is 9.53. The normalized spacial score (nSPS) is 32.1. The van der Waals surface area contributed by atoms with Crippen molar-refractivity contribution in [2.75, 3.05) is 0 Å². The van der Waals surface area contributed by atoms with Crippen molar-refractivity contribution in [1.82, 2.24) is 0 Å². The van der Waals surface area contributed by atoms with Crippen molar-refractivity contribution in [1.29, 1.82) is 5.26 Å². The summed E-state index contributed by atoms with van der Waals surface area (Å²) in [6.07, 6.45) is 3.60. The first kappa shape index (κ1) is 9.38. The summed E-state index contributed by atoms with van der Waals surface area (Å²) in [7, 11) is 0. The first-order chi connectivity index (χ1) is 5.99. The van der Waals surface area contributed by atoms with E-state index in [1.807, 2.05) is 0 Å². The fourth-order valence-electron chi connectivity index (χ4n) is 0.945. The zero-order valence-electron chi connectivity index (χ0n) is 6.68. The lowest BCUT2D eigenvalue weighted by molar-refractivity contribution is -0.419. The highest BCUT2D eigenvalue weighted by Gasteiger charge is 2.33. The molecule has 2 unspecified atom stereocenters. The molecule has 0 bridgehead atoms. The molecule has 1 aliphatic rings. The van der Waals surface area contributed by atoms with E-state index in [1.54, 1.807) is 6.07 Å². The highest BCUT2D eigenvalue weighted by atomic mass is 16.6. The number of hydrogen-bond acceptors (Lipinski definition) is 5. The van der Waals surface area contributed by atoms with E-state index in [4.69, 9.17) is 16.7 Å². The zero-order valence-corrected chi connectivity index (χ0v) is 6.68. The Labute approximate surface area is 74.3 Å². The molecule has 0 radical (unpaired) electrons. The molecule has 0 saturated carbocycles. The Morgan fingerprint density at radius 1 is 1.77 bits per heavy atom. The van der Waals surface area contributed by atoms with Crippen LogP contribution in [0.4, 0.5) is 0 Å². The molecule has 0 spiro atoms. The summed E-state index contributed by atoms with van der Waals surface area (Å²) in [5, 5.41) is 18.9. The highest BCUT2D eigenvalue weighted by Crippen LogP contribution is 2.17. The maximum atomic E-state index is 10.3. The molecule has 13 heavy (non-hydrogen) atoms. The van der Waals surface area contributed by atoms with Gasteiger partial charge in [-0.15, -0.1) is 0 Å². The van der Waals surface area contributed by atoms with Crippen molar-refractivity contribution in [3.63, 3.8) is 0 Å². The molecule has 0 amide bonds. The monoisotopic (exact) mass is 180 g/mol. The van der Waals surface area contributed by atoms with Crippen LogP contribution in [-0.4, -0.2) is 16.5 Å². The van der Waals surface area contributed by atoms with Crippen molar-refractivity contribution < 1.29 is 4.92 Å². The standard InChI is InChI=1S/C7H8N4O2/c8-4-7(10)2-1-5(11(12)13)3-6(7)9/h1-3,6H,9-10H2. The van der Waals surface area contributed by atoms with Gasteiger partial charge in [0.25, 0.3) is 5.70 Å². The minimum atomic E-state index is -1.33. The second-order valence-corrected chi connectivity index (χ2v) is 2.75. The molecule has 2 atom stereocenters. The zero-order chi connectivity index (χ0) is 10.1. The minimum Gasteiger partial charge on any atom is -0.322 e. The summed E-state index contributed by atoms with van der Waals surface area (Å²) in [6.45, 7) is 0. The third kappa shape index (κ3) is 1.56. The Morgan fingerprint density at radius 2 is 2.38 bits per heavy atom. The highest BCUT2D eigenvalue weighted by molar-refractivity contribution is 5.36. The molecule has 0 saturated heterocycles. The van der Waals surface area contributed by atoms with Crippen molar-refractivity contribution in [3.8, 4) is 6.07 Å². The Kier molecular flexibility index (Phi) is 2.14. The lowest BCUT2D eigenvalue weighted by atomic mass is 9.88. The SMILES string of the molecule is N#CC1(N)C=CC([N+](=O)[O-])=CC1N. The van der Waals surface area contributed by atoms with Crippen molar-refractivity contribution in [3.05, 3.63) is 34.0 Å². The molecule has 4 N–H and O–H groups in total. The second kappa shape index (κ2) is 2.97. The molecule has 0 aromatic heterocycles. The van der Waals surface area contributed by atoms with Crippen molar-refractivity contribution in [2.24, 2.45) is 11.5 Å². The minimum absolute atomic E-state index is 0.135. The van der Waals surface area contributed by atoms with Gasteiger partial charge in [0.15, 0.2) is 0 Å². The third-order valence-corrected chi connectivity index (χ3v) is 1.84. The van der Waals surface area contributed by atoms with Gasteiger partial charge >= 0.3 is 0 Å². The molecule has 6 nitrogen and oxygen atoms in total. The van der Waals surface area contributed by atoms with Crippen molar-refractivity contribution in [2.45, 2.75) is 11.6 Å². The Hall–Kier alpha value is -1.71. The number of nitro groups is 1. The fourth-order valence-corrected chi connectivity index (χ4v) is 0.945. The molecule has 1 rings (SSSR count). The fraction of sp³-hybridized carbons (Fsp3) is 0.286. The predicted molar refractivity (Wildman–Crippen MR) is 44.7 cm³/mol. The molecule has 0 fully saturated rings. The number of nitriles is 1. The number of rotatable bonds is 1. The molecule has 0 aromatic carbocycles. The van der Waals surface area contributed by atoms with Crippen LogP contribution in [-0.2, 0) is 0 Å². The Balaban J connectivity index is 2.99. The van der Waals surface area contributed by atoms with Gasteiger partial charge in [0.1, 0.15) is 5.54 Å². The van der Waals surface area contributed by atoms with E-state index < -0.39 is 16.5 Å². The summed E-state index contributed by atoms with van der Waals surface area (Å²) >= 11 is 0. The lowest BCUT2D eigenvalue weighted by Crippen LogP contribution is -2.53. The van der Waals surface area contributed by atoms with E-state index in [1.165, 1.54) is 18.2 Å². The smallest absolute Gasteiger partial charge is 0.266 e. The van der Waals surface area contributed by atoms with Gasteiger partial charge in [-0.05, 0) is 6.08 Å². The van der Waals surface area contributed by atoms with Gasteiger partial charge in [-0.1, -0.05) is 0 Å². The summed E-state index contributed by atoms with van der Waals surface area (Å²) in [6, 6.07) is 0.944. The number of allylic oxidation sites excluding steroid dienone is 1. The topological polar surface area (TPSA) is 119 Å². The van der Waals surface area contributed by atoms with Crippen LogP contribution in [0.2, 0.25) is 0 Å². The van der Waals surface area contributed by atoms with E-state index >= 15 is 0 Å². The van der Waals surface area contributed by atoms with Crippen LogP contribution in [0.5, 0.6) is 0 Å². The van der Waals surface area contributed by atoms with Crippen LogP contribution < -0.4 is 11.5 Å². The average Bonchev–Trinajstić information content (AvgIpc) is 2.09. The van der Waals surface area contributed by atoms with E-state index in [9.17, 15) is 10.1 Å². The molecule has 0 aliphatic heterocycles. The molecule has 0 aromatic rings. The maximum absolute atomic E-state index is 10.3. The van der Waals surface area contributed by atoms with E-state index in [-0.39, 0.29) is 5.70 Å². The lowest BCUT2D eigenvalue weighted by Gasteiger charge is -2.24. The first-order valence-electron chi connectivity index (χ1n) is 3.51. The van der Waals surface area contributed by atoms with Crippen LogP contribution in [0.3, 0.4) is 0 Å². The number of nitrogens with two attached hydrogens (primary N) is 2. The van der Waals surface area contributed by atoms with Crippen molar-refractivity contribution >= 4 is 0 Å².